The summed E-state index contributed by atoms with van der Waals surface area (Å²) >= 11 is 1.88. The van der Waals surface area contributed by atoms with Crippen LogP contribution in [0.1, 0.15) is 56.9 Å². The Morgan fingerprint density at radius 3 is 2.75 bits per heavy atom. The number of rotatable bonds is 5. The topological polar surface area (TPSA) is 12.0 Å². The molecule has 1 aromatic rings. The lowest BCUT2D eigenvalue weighted by Crippen LogP contribution is -2.34. The Morgan fingerprint density at radius 1 is 1.44 bits per heavy atom. The predicted octanol–water partition coefficient (Wildman–Crippen LogP) is 4.37. The predicted molar refractivity (Wildman–Crippen MR) is 71.9 cm³/mol. The summed E-state index contributed by atoms with van der Waals surface area (Å²) in [6.07, 6.45) is 6.92. The van der Waals surface area contributed by atoms with Crippen molar-refractivity contribution in [2.24, 2.45) is 5.92 Å². The van der Waals surface area contributed by atoms with Gasteiger partial charge in [-0.15, -0.1) is 11.3 Å². The lowest BCUT2D eigenvalue weighted by molar-refractivity contribution is 0.341. The van der Waals surface area contributed by atoms with Gasteiger partial charge < -0.3 is 5.32 Å². The normalized spacial score (nSPS) is 21.1. The second kappa shape index (κ2) is 5.83. The summed E-state index contributed by atoms with van der Waals surface area (Å²) in [6, 6.07) is 5.66. The van der Waals surface area contributed by atoms with Crippen LogP contribution in [0.25, 0.3) is 0 Å². The van der Waals surface area contributed by atoms with Crippen molar-refractivity contribution in [2.45, 2.75) is 58.0 Å². The molecular weight excluding hydrogens is 214 g/mol. The largest absolute Gasteiger partial charge is 0.306 e. The minimum Gasteiger partial charge on any atom is -0.306 e. The van der Waals surface area contributed by atoms with E-state index in [-0.39, 0.29) is 0 Å². The van der Waals surface area contributed by atoms with Gasteiger partial charge in [0.2, 0.25) is 0 Å². The highest BCUT2D eigenvalue weighted by Gasteiger charge is 2.23. The van der Waals surface area contributed by atoms with Gasteiger partial charge in [0, 0.05) is 17.0 Å². The smallest absolute Gasteiger partial charge is 0.0414 e. The van der Waals surface area contributed by atoms with Crippen molar-refractivity contribution >= 4 is 11.3 Å². The van der Waals surface area contributed by atoms with Gasteiger partial charge in [-0.3, -0.25) is 0 Å². The Hall–Kier alpha value is -0.340. The SMILES string of the molecule is CCC(N[C@H](C)C1CCCC1)c1cccs1. The standard InChI is InChI=1S/C14H23NS/c1-3-13(14-9-6-10-16-14)15-11(2)12-7-4-5-8-12/h6,9-13,15H,3-5,7-8H2,1-2H3/t11-,13?/m1/s1. The summed E-state index contributed by atoms with van der Waals surface area (Å²) in [4.78, 5) is 1.49. The van der Waals surface area contributed by atoms with Crippen molar-refractivity contribution in [3.05, 3.63) is 22.4 Å². The van der Waals surface area contributed by atoms with Crippen LogP contribution in [0.3, 0.4) is 0 Å². The molecule has 1 heterocycles. The van der Waals surface area contributed by atoms with Gasteiger partial charge in [0.1, 0.15) is 0 Å². The van der Waals surface area contributed by atoms with Gasteiger partial charge in [-0.1, -0.05) is 25.8 Å². The maximum atomic E-state index is 3.82. The van der Waals surface area contributed by atoms with Gasteiger partial charge in [-0.25, -0.2) is 0 Å². The highest BCUT2D eigenvalue weighted by molar-refractivity contribution is 7.10. The van der Waals surface area contributed by atoms with Crippen molar-refractivity contribution in [2.75, 3.05) is 0 Å². The minimum absolute atomic E-state index is 0.565. The molecule has 0 aromatic carbocycles. The summed E-state index contributed by atoms with van der Waals surface area (Å²) < 4.78 is 0. The van der Waals surface area contributed by atoms with E-state index in [9.17, 15) is 0 Å². The molecule has 90 valence electrons. The number of nitrogens with one attached hydrogen (secondary N) is 1. The Bertz CT molecular complexity index is 288. The summed E-state index contributed by atoms with van der Waals surface area (Å²) in [6.45, 7) is 4.64. The molecule has 0 amide bonds. The molecule has 2 atom stereocenters. The Morgan fingerprint density at radius 2 is 2.19 bits per heavy atom. The van der Waals surface area contributed by atoms with Crippen molar-refractivity contribution in [1.29, 1.82) is 0 Å². The maximum absolute atomic E-state index is 3.82. The van der Waals surface area contributed by atoms with Crippen LogP contribution >= 0.6 is 11.3 Å². The summed E-state index contributed by atoms with van der Waals surface area (Å²) in [5, 5.41) is 6.00. The van der Waals surface area contributed by atoms with E-state index in [1.54, 1.807) is 0 Å². The molecule has 1 N–H and O–H groups in total. The van der Waals surface area contributed by atoms with Gasteiger partial charge >= 0.3 is 0 Å². The van der Waals surface area contributed by atoms with Crippen LogP contribution in [-0.2, 0) is 0 Å². The molecule has 1 aromatic heterocycles. The number of hydrogen-bond acceptors (Lipinski definition) is 2. The molecule has 1 fully saturated rings. The lowest BCUT2D eigenvalue weighted by atomic mass is 9.98. The molecule has 2 heteroatoms. The lowest BCUT2D eigenvalue weighted by Gasteiger charge is -2.26. The average Bonchev–Trinajstić information content (AvgIpc) is 2.96. The minimum atomic E-state index is 0.565. The van der Waals surface area contributed by atoms with Crippen molar-refractivity contribution in [3.8, 4) is 0 Å². The molecule has 1 aliphatic rings. The Kier molecular flexibility index (Phi) is 4.42. The molecule has 0 radical (unpaired) electrons. The van der Waals surface area contributed by atoms with Gasteiger partial charge in [-0.05, 0) is 43.6 Å². The molecule has 0 bridgehead atoms. The first kappa shape index (κ1) is 12.1. The first-order valence-corrected chi connectivity index (χ1v) is 7.48. The fourth-order valence-electron chi connectivity index (χ4n) is 2.80. The third-order valence-corrected chi connectivity index (χ3v) is 4.85. The van der Waals surface area contributed by atoms with E-state index in [1.807, 2.05) is 11.3 Å². The third-order valence-electron chi connectivity index (χ3n) is 3.87. The summed E-state index contributed by atoms with van der Waals surface area (Å²) in [5.41, 5.74) is 0. The van der Waals surface area contributed by atoms with Crippen LogP contribution < -0.4 is 5.32 Å². The molecule has 1 aliphatic carbocycles. The molecule has 0 spiro atoms. The average molecular weight is 237 g/mol. The van der Waals surface area contributed by atoms with E-state index in [0.717, 1.165) is 5.92 Å². The molecular formula is C14H23NS. The number of hydrogen-bond donors (Lipinski definition) is 1. The van der Waals surface area contributed by atoms with Crippen LogP contribution in [0.2, 0.25) is 0 Å². The first-order valence-electron chi connectivity index (χ1n) is 6.60. The Labute approximate surface area is 103 Å². The van der Waals surface area contributed by atoms with Crippen LogP contribution in [0.4, 0.5) is 0 Å². The van der Waals surface area contributed by atoms with Crippen molar-refractivity contribution in [3.63, 3.8) is 0 Å². The first-order chi connectivity index (χ1) is 7.81. The van der Waals surface area contributed by atoms with Gasteiger partial charge in [-0.2, -0.15) is 0 Å². The zero-order valence-electron chi connectivity index (χ0n) is 10.4. The fraction of sp³-hybridized carbons (Fsp3) is 0.714. The molecule has 0 aliphatic heterocycles. The molecule has 1 unspecified atom stereocenters. The zero-order chi connectivity index (χ0) is 11.4. The second-order valence-electron chi connectivity index (χ2n) is 4.98. The molecule has 1 nitrogen and oxygen atoms in total. The molecule has 1 saturated carbocycles. The third kappa shape index (κ3) is 2.86. The van der Waals surface area contributed by atoms with E-state index in [2.05, 4.69) is 36.7 Å². The molecule has 2 rings (SSSR count). The van der Waals surface area contributed by atoms with E-state index in [4.69, 9.17) is 0 Å². The van der Waals surface area contributed by atoms with Crippen molar-refractivity contribution < 1.29 is 0 Å². The highest BCUT2D eigenvalue weighted by atomic mass is 32.1. The molecule has 16 heavy (non-hydrogen) atoms. The van der Waals surface area contributed by atoms with Crippen molar-refractivity contribution in [1.82, 2.24) is 5.32 Å². The van der Waals surface area contributed by atoms with E-state index >= 15 is 0 Å². The van der Waals surface area contributed by atoms with Gasteiger partial charge in [0.25, 0.3) is 0 Å². The van der Waals surface area contributed by atoms with Gasteiger partial charge in [0.05, 0.1) is 0 Å². The maximum Gasteiger partial charge on any atom is 0.0414 e. The van der Waals surface area contributed by atoms with Crippen LogP contribution in [0.15, 0.2) is 17.5 Å². The number of thiophene rings is 1. The summed E-state index contributed by atoms with van der Waals surface area (Å²) in [5.74, 6) is 0.911. The van der Waals surface area contributed by atoms with Crippen LogP contribution in [0.5, 0.6) is 0 Å². The quantitative estimate of drug-likeness (QED) is 0.802. The second-order valence-corrected chi connectivity index (χ2v) is 5.96. The summed E-state index contributed by atoms with van der Waals surface area (Å²) in [7, 11) is 0. The van der Waals surface area contributed by atoms with E-state index < -0.39 is 0 Å². The Balaban J connectivity index is 1.91. The van der Waals surface area contributed by atoms with Gasteiger partial charge in [0.15, 0.2) is 0 Å². The van der Waals surface area contributed by atoms with E-state index in [0.29, 0.717) is 12.1 Å². The fourth-order valence-corrected chi connectivity index (χ4v) is 3.67. The van der Waals surface area contributed by atoms with Crippen LogP contribution in [0, 0.1) is 5.92 Å². The van der Waals surface area contributed by atoms with E-state index in [1.165, 1.54) is 37.0 Å². The monoisotopic (exact) mass is 237 g/mol. The molecule has 0 saturated heterocycles. The highest BCUT2D eigenvalue weighted by Crippen LogP contribution is 2.30. The zero-order valence-corrected chi connectivity index (χ0v) is 11.2. The van der Waals surface area contributed by atoms with Crippen LogP contribution in [-0.4, -0.2) is 6.04 Å².